The van der Waals surface area contributed by atoms with Crippen LogP contribution in [0.1, 0.15) is 48.9 Å². The van der Waals surface area contributed by atoms with Crippen molar-refractivity contribution in [3.05, 3.63) is 192 Å². The number of nitrogens with zero attached hydrogens (tertiary/aromatic N) is 2. The van der Waals surface area contributed by atoms with Crippen molar-refractivity contribution in [2.24, 2.45) is 0 Å². The van der Waals surface area contributed by atoms with Gasteiger partial charge in [0.1, 0.15) is 0 Å². The van der Waals surface area contributed by atoms with Gasteiger partial charge in [0, 0.05) is 38.9 Å². The average Bonchev–Trinajstić information content (AvgIpc) is 3.47. The van der Waals surface area contributed by atoms with Gasteiger partial charge in [-0.05, 0) is 132 Å². The Labute approximate surface area is 313 Å². The summed E-state index contributed by atoms with van der Waals surface area (Å²) < 4.78 is 0. The molecule has 0 atom stereocenters. The van der Waals surface area contributed by atoms with E-state index in [4.69, 9.17) is 0 Å². The molecule has 0 fully saturated rings. The molecule has 1 aliphatic rings. The fraction of sp³-hybridized carbons (Fsp3) is 0.137. The first-order chi connectivity index (χ1) is 26.0. The Kier molecular flexibility index (Phi) is 8.12. The molecule has 8 aromatic rings. The summed E-state index contributed by atoms with van der Waals surface area (Å²) in [6.07, 6.45) is 2.02. The first-order valence-corrected chi connectivity index (χ1v) is 19.0. The van der Waals surface area contributed by atoms with Crippen LogP contribution >= 0.6 is 0 Å². The third-order valence-electron chi connectivity index (χ3n) is 11.6. The van der Waals surface area contributed by atoms with E-state index in [1.807, 2.05) is 0 Å². The van der Waals surface area contributed by atoms with E-state index >= 15 is 0 Å². The van der Waals surface area contributed by atoms with E-state index in [1.54, 1.807) is 0 Å². The lowest BCUT2D eigenvalue weighted by atomic mass is 9.73. The van der Waals surface area contributed by atoms with E-state index in [0.29, 0.717) is 0 Å². The second kappa shape index (κ2) is 13.1. The molecular weight excluding hydrogens is 641 g/mol. The Morgan fingerprint density at radius 2 is 0.792 bits per heavy atom. The van der Waals surface area contributed by atoms with Gasteiger partial charge >= 0.3 is 0 Å². The van der Waals surface area contributed by atoms with Crippen molar-refractivity contribution in [3.8, 4) is 11.1 Å². The van der Waals surface area contributed by atoms with Gasteiger partial charge in [0.2, 0.25) is 0 Å². The standard InChI is InChI=1S/C51H44N2/c1-5-51(6-2)47-33-41(52(39-21-11-15-35(3)31-39)49-25-13-19-37-17-7-9-23-43(37)49)27-29-45(47)46-30-28-42(34-48(46)51)53(40-22-12-16-36(4)32-40)50-26-14-20-38-18-8-10-24-44(38)50/h7-34H,5-6H2,1-4H3. The SMILES string of the molecule is CCC1(CC)c2cc(N(c3cccc(C)c3)c3cccc4ccccc34)ccc2-c2ccc(N(c3cccc(C)c3)c3cccc4ccccc34)cc21. The normalized spacial score (nSPS) is 12.8. The van der Waals surface area contributed by atoms with Crippen LogP contribution in [0.3, 0.4) is 0 Å². The largest absolute Gasteiger partial charge is 0.310 e. The lowest BCUT2D eigenvalue weighted by Gasteiger charge is -2.33. The van der Waals surface area contributed by atoms with Gasteiger partial charge in [0.25, 0.3) is 0 Å². The highest BCUT2D eigenvalue weighted by molar-refractivity contribution is 6.01. The van der Waals surface area contributed by atoms with Crippen LogP contribution in [0.5, 0.6) is 0 Å². The third-order valence-corrected chi connectivity index (χ3v) is 11.6. The van der Waals surface area contributed by atoms with E-state index in [2.05, 4.69) is 207 Å². The quantitative estimate of drug-likeness (QED) is 0.157. The molecule has 2 nitrogen and oxygen atoms in total. The number of aryl methyl sites for hydroxylation is 2. The van der Waals surface area contributed by atoms with E-state index in [0.717, 1.165) is 12.8 Å². The van der Waals surface area contributed by atoms with E-state index in [1.165, 1.54) is 89.0 Å². The Hall–Kier alpha value is -6.12. The zero-order valence-electron chi connectivity index (χ0n) is 31.0. The molecule has 1 aliphatic carbocycles. The summed E-state index contributed by atoms with van der Waals surface area (Å²) in [7, 11) is 0. The van der Waals surface area contributed by atoms with Gasteiger partial charge in [-0.3, -0.25) is 0 Å². The molecule has 0 heterocycles. The molecule has 0 bridgehead atoms. The van der Waals surface area contributed by atoms with Crippen LogP contribution in [0.25, 0.3) is 32.7 Å². The van der Waals surface area contributed by atoms with Crippen LogP contribution in [0.15, 0.2) is 170 Å². The molecule has 8 aromatic carbocycles. The van der Waals surface area contributed by atoms with Crippen LogP contribution < -0.4 is 9.80 Å². The molecule has 0 aliphatic heterocycles. The zero-order chi connectivity index (χ0) is 36.1. The highest BCUT2D eigenvalue weighted by atomic mass is 15.1. The number of hydrogen-bond donors (Lipinski definition) is 0. The lowest BCUT2D eigenvalue weighted by molar-refractivity contribution is 0.490. The maximum Gasteiger partial charge on any atom is 0.0540 e. The van der Waals surface area contributed by atoms with Crippen molar-refractivity contribution in [1.29, 1.82) is 0 Å². The lowest BCUT2D eigenvalue weighted by Crippen LogP contribution is -2.24. The number of anilines is 6. The minimum absolute atomic E-state index is 0.134. The highest BCUT2D eigenvalue weighted by Crippen LogP contribution is 2.56. The number of hydrogen-bond acceptors (Lipinski definition) is 2. The van der Waals surface area contributed by atoms with Crippen LogP contribution in [-0.2, 0) is 5.41 Å². The van der Waals surface area contributed by atoms with E-state index in [-0.39, 0.29) is 5.41 Å². The first-order valence-electron chi connectivity index (χ1n) is 19.0. The fourth-order valence-electron chi connectivity index (χ4n) is 8.96. The minimum Gasteiger partial charge on any atom is -0.310 e. The molecule has 9 rings (SSSR count). The second-order valence-electron chi connectivity index (χ2n) is 14.6. The molecule has 0 saturated carbocycles. The summed E-state index contributed by atoms with van der Waals surface area (Å²) in [5.74, 6) is 0. The van der Waals surface area contributed by atoms with Gasteiger partial charge in [-0.1, -0.05) is 123 Å². The van der Waals surface area contributed by atoms with E-state index < -0.39 is 0 Å². The Balaban J connectivity index is 1.23. The van der Waals surface area contributed by atoms with Gasteiger partial charge in [-0.15, -0.1) is 0 Å². The van der Waals surface area contributed by atoms with Crippen LogP contribution in [-0.4, -0.2) is 0 Å². The maximum absolute atomic E-state index is 2.50. The monoisotopic (exact) mass is 684 g/mol. The van der Waals surface area contributed by atoms with Crippen molar-refractivity contribution in [2.45, 2.75) is 46.0 Å². The van der Waals surface area contributed by atoms with Crippen LogP contribution in [0.2, 0.25) is 0 Å². The van der Waals surface area contributed by atoms with Crippen molar-refractivity contribution < 1.29 is 0 Å². The zero-order valence-corrected chi connectivity index (χ0v) is 31.0. The predicted molar refractivity (Wildman–Crippen MR) is 227 cm³/mol. The highest BCUT2D eigenvalue weighted by Gasteiger charge is 2.41. The first kappa shape index (κ1) is 32.8. The predicted octanol–water partition coefficient (Wildman–Crippen LogP) is 14.6. The van der Waals surface area contributed by atoms with Crippen LogP contribution in [0.4, 0.5) is 34.1 Å². The second-order valence-corrected chi connectivity index (χ2v) is 14.6. The van der Waals surface area contributed by atoms with Gasteiger partial charge < -0.3 is 9.80 Å². The van der Waals surface area contributed by atoms with Crippen molar-refractivity contribution in [2.75, 3.05) is 9.80 Å². The summed E-state index contributed by atoms with van der Waals surface area (Å²) in [5.41, 5.74) is 14.9. The van der Waals surface area contributed by atoms with E-state index in [9.17, 15) is 0 Å². The van der Waals surface area contributed by atoms with Crippen molar-refractivity contribution in [3.63, 3.8) is 0 Å². The summed E-state index contributed by atoms with van der Waals surface area (Å²) in [5, 5.41) is 4.97. The number of fused-ring (bicyclic) bond motifs is 5. The topological polar surface area (TPSA) is 6.48 Å². The minimum atomic E-state index is -0.134. The molecule has 0 radical (unpaired) electrons. The average molecular weight is 685 g/mol. The molecule has 0 unspecified atom stereocenters. The molecule has 53 heavy (non-hydrogen) atoms. The van der Waals surface area contributed by atoms with Gasteiger partial charge in [0.05, 0.1) is 11.4 Å². The van der Waals surface area contributed by atoms with Crippen molar-refractivity contribution >= 4 is 55.7 Å². The maximum atomic E-state index is 2.50. The molecule has 0 amide bonds. The Morgan fingerprint density at radius 3 is 1.23 bits per heavy atom. The summed E-state index contributed by atoms with van der Waals surface area (Å²) in [6, 6.07) is 63.0. The fourth-order valence-corrected chi connectivity index (χ4v) is 8.96. The number of benzene rings is 8. The molecule has 258 valence electrons. The number of rotatable bonds is 8. The molecule has 0 spiro atoms. The van der Waals surface area contributed by atoms with Gasteiger partial charge in [-0.2, -0.15) is 0 Å². The Morgan fingerprint density at radius 1 is 0.396 bits per heavy atom. The van der Waals surface area contributed by atoms with Crippen LogP contribution in [0, 0.1) is 13.8 Å². The molecular formula is C51H44N2. The Bertz CT molecular complexity index is 2460. The summed E-state index contributed by atoms with van der Waals surface area (Å²) in [4.78, 5) is 4.92. The van der Waals surface area contributed by atoms with Crippen molar-refractivity contribution in [1.82, 2.24) is 0 Å². The van der Waals surface area contributed by atoms with Gasteiger partial charge in [0.15, 0.2) is 0 Å². The molecule has 0 N–H and O–H groups in total. The summed E-state index contributed by atoms with van der Waals surface area (Å²) >= 11 is 0. The molecule has 0 saturated heterocycles. The summed E-state index contributed by atoms with van der Waals surface area (Å²) in [6.45, 7) is 9.10. The third kappa shape index (κ3) is 5.40. The van der Waals surface area contributed by atoms with Gasteiger partial charge in [-0.25, -0.2) is 0 Å². The molecule has 2 heteroatoms. The smallest absolute Gasteiger partial charge is 0.0540 e. The molecule has 0 aromatic heterocycles.